The van der Waals surface area contributed by atoms with Crippen molar-refractivity contribution < 1.29 is 14.3 Å². The van der Waals surface area contributed by atoms with Crippen LogP contribution in [-0.4, -0.2) is 29.9 Å². The van der Waals surface area contributed by atoms with Gasteiger partial charge >= 0.3 is 0 Å². The first kappa shape index (κ1) is 19.9. The molecule has 2 aliphatic carbocycles. The fourth-order valence-electron chi connectivity index (χ4n) is 3.98. The number of ether oxygens (including phenoxy) is 1. The van der Waals surface area contributed by atoms with E-state index in [0.717, 1.165) is 62.0 Å². The smallest absolute Gasteiger partial charge is 0.232 e. The van der Waals surface area contributed by atoms with E-state index in [0.29, 0.717) is 11.2 Å². The number of methoxy groups -OCH3 is 1. The number of anilines is 1. The van der Waals surface area contributed by atoms with E-state index in [2.05, 4.69) is 15.6 Å². The van der Waals surface area contributed by atoms with Gasteiger partial charge in [-0.25, -0.2) is 4.98 Å². The molecule has 4 rings (SSSR count). The molecule has 2 aromatic rings. The largest absolute Gasteiger partial charge is 0.497 e. The highest BCUT2D eigenvalue weighted by atomic mass is 32.1. The third-order valence-electron chi connectivity index (χ3n) is 5.84. The Balaban J connectivity index is 1.45. The zero-order valence-corrected chi connectivity index (χ0v) is 17.5. The summed E-state index contributed by atoms with van der Waals surface area (Å²) in [4.78, 5) is 30.3. The molecule has 0 atom stereocenters. The molecule has 7 heteroatoms. The second kappa shape index (κ2) is 8.53. The molecule has 29 heavy (non-hydrogen) atoms. The number of carbonyl (C=O) groups is 2. The highest BCUT2D eigenvalue weighted by Gasteiger charge is 2.42. The minimum atomic E-state index is -0.622. The monoisotopic (exact) mass is 413 g/mol. The number of carbonyl (C=O) groups excluding carboxylic acids is 2. The van der Waals surface area contributed by atoms with Gasteiger partial charge in [0.25, 0.3) is 0 Å². The summed E-state index contributed by atoms with van der Waals surface area (Å²) in [6.45, 7) is 0. The molecule has 0 saturated heterocycles. The Hall–Kier alpha value is -2.41. The van der Waals surface area contributed by atoms with Gasteiger partial charge in [0.05, 0.1) is 18.2 Å². The molecule has 0 spiro atoms. The van der Waals surface area contributed by atoms with E-state index in [1.165, 1.54) is 11.3 Å². The lowest BCUT2D eigenvalue weighted by Crippen LogP contribution is -2.42. The molecule has 154 valence electrons. The molecule has 1 aromatic carbocycles. The van der Waals surface area contributed by atoms with E-state index in [9.17, 15) is 9.59 Å². The van der Waals surface area contributed by atoms with Crippen LogP contribution in [0.15, 0.2) is 29.6 Å². The summed E-state index contributed by atoms with van der Waals surface area (Å²) >= 11 is 1.41. The molecule has 2 saturated carbocycles. The molecule has 0 bridgehead atoms. The Bertz CT molecular complexity index is 868. The zero-order valence-electron chi connectivity index (χ0n) is 16.7. The molecule has 2 aliphatic rings. The minimum absolute atomic E-state index is 0.00242. The number of nitrogens with one attached hydrogen (secondary N) is 2. The third-order valence-corrected chi connectivity index (χ3v) is 6.60. The Morgan fingerprint density at radius 3 is 2.55 bits per heavy atom. The second-order valence-electron chi connectivity index (χ2n) is 8.08. The maximum Gasteiger partial charge on any atom is 0.232 e. The highest BCUT2D eigenvalue weighted by Crippen LogP contribution is 2.41. The van der Waals surface area contributed by atoms with Gasteiger partial charge in [0, 0.05) is 23.4 Å². The van der Waals surface area contributed by atoms with Crippen LogP contribution in [0.5, 0.6) is 5.75 Å². The third kappa shape index (κ3) is 4.78. The number of nitrogens with zero attached hydrogens (tertiary/aromatic N) is 1. The molecule has 0 radical (unpaired) electrons. The Morgan fingerprint density at radius 2 is 1.90 bits per heavy atom. The van der Waals surface area contributed by atoms with Gasteiger partial charge in [0.1, 0.15) is 5.75 Å². The van der Waals surface area contributed by atoms with Crippen LogP contribution in [0.25, 0.3) is 11.3 Å². The standard InChI is InChI=1S/C22H27N3O3S/c1-28-17-9-5-15(6-10-17)18-14-29-21(24-18)25-20(27)22(11-3-2-4-12-22)13-19(26)23-16-7-8-16/h5-6,9-10,14,16H,2-4,7-8,11-13H2,1H3,(H,23,26)(H,24,25,27). The molecule has 2 amide bonds. The lowest BCUT2D eigenvalue weighted by atomic mass is 9.71. The molecular weight excluding hydrogens is 386 g/mol. The average molecular weight is 414 g/mol. The summed E-state index contributed by atoms with van der Waals surface area (Å²) in [6, 6.07) is 8.00. The predicted molar refractivity (Wildman–Crippen MR) is 114 cm³/mol. The van der Waals surface area contributed by atoms with Crippen LogP contribution in [0.2, 0.25) is 0 Å². The van der Waals surface area contributed by atoms with Crippen molar-refractivity contribution in [1.82, 2.24) is 10.3 Å². The highest BCUT2D eigenvalue weighted by molar-refractivity contribution is 7.14. The van der Waals surface area contributed by atoms with Crippen molar-refractivity contribution in [3.8, 4) is 17.0 Å². The predicted octanol–water partition coefficient (Wildman–Crippen LogP) is 4.38. The van der Waals surface area contributed by atoms with Gasteiger partial charge in [-0.15, -0.1) is 11.3 Å². The number of amides is 2. The second-order valence-corrected chi connectivity index (χ2v) is 8.94. The van der Waals surface area contributed by atoms with E-state index < -0.39 is 5.41 Å². The van der Waals surface area contributed by atoms with Crippen molar-refractivity contribution in [2.45, 2.75) is 57.4 Å². The Morgan fingerprint density at radius 1 is 1.17 bits per heavy atom. The molecule has 1 aromatic heterocycles. The van der Waals surface area contributed by atoms with Gasteiger partial charge in [0.2, 0.25) is 11.8 Å². The minimum Gasteiger partial charge on any atom is -0.497 e. The number of rotatable bonds is 7. The van der Waals surface area contributed by atoms with E-state index >= 15 is 0 Å². The zero-order chi connectivity index (χ0) is 20.3. The normalized spacial score (nSPS) is 18.1. The van der Waals surface area contributed by atoms with Gasteiger partial charge in [0.15, 0.2) is 5.13 Å². The van der Waals surface area contributed by atoms with Crippen LogP contribution in [0.1, 0.15) is 51.4 Å². The molecule has 0 aliphatic heterocycles. The van der Waals surface area contributed by atoms with Crippen LogP contribution in [0.3, 0.4) is 0 Å². The van der Waals surface area contributed by atoms with Crippen molar-refractivity contribution in [2.75, 3.05) is 12.4 Å². The first-order valence-electron chi connectivity index (χ1n) is 10.3. The van der Waals surface area contributed by atoms with Crippen molar-refractivity contribution in [3.63, 3.8) is 0 Å². The summed E-state index contributed by atoms with van der Waals surface area (Å²) in [5.74, 6) is 0.725. The molecular formula is C22H27N3O3S. The van der Waals surface area contributed by atoms with Crippen LogP contribution in [0, 0.1) is 5.41 Å². The molecule has 2 fully saturated rings. The molecule has 2 N–H and O–H groups in total. The number of aromatic nitrogens is 1. The first-order chi connectivity index (χ1) is 14.1. The SMILES string of the molecule is COc1ccc(-c2csc(NC(=O)C3(CC(=O)NC4CC4)CCCCC3)n2)cc1. The van der Waals surface area contributed by atoms with Crippen LogP contribution in [0.4, 0.5) is 5.13 Å². The fraction of sp³-hybridized carbons (Fsp3) is 0.500. The Kier molecular flexibility index (Phi) is 5.85. The average Bonchev–Trinajstić information content (AvgIpc) is 3.43. The maximum absolute atomic E-state index is 13.2. The van der Waals surface area contributed by atoms with Crippen molar-refractivity contribution in [2.24, 2.45) is 5.41 Å². The first-order valence-corrected chi connectivity index (χ1v) is 11.2. The van der Waals surface area contributed by atoms with Gasteiger partial charge in [-0.1, -0.05) is 19.3 Å². The summed E-state index contributed by atoms with van der Waals surface area (Å²) in [5, 5.41) is 8.55. The lowest BCUT2D eigenvalue weighted by molar-refractivity contribution is -0.134. The topological polar surface area (TPSA) is 80.3 Å². The van der Waals surface area contributed by atoms with Gasteiger partial charge < -0.3 is 15.4 Å². The molecule has 6 nitrogen and oxygen atoms in total. The van der Waals surface area contributed by atoms with E-state index in [4.69, 9.17) is 4.74 Å². The van der Waals surface area contributed by atoms with Crippen molar-refractivity contribution in [3.05, 3.63) is 29.6 Å². The summed E-state index contributed by atoms with van der Waals surface area (Å²) in [7, 11) is 1.64. The number of benzene rings is 1. The van der Waals surface area contributed by atoms with Gasteiger partial charge in [-0.2, -0.15) is 0 Å². The van der Waals surface area contributed by atoms with E-state index in [1.54, 1.807) is 7.11 Å². The number of thiazole rings is 1. The quantitative estimate of drug-likeness (QED) is 0.706. The molecule has 0 unspecified atom stereocenters. The lowest BCUT2D eigenvalue weighted by Gasteiger charge is -2.35. The summed E-state index contributed by atoms with van der Waals surface area (Å²) < 4.78 is 5.19. The van der Waals surface area contributed by atoms with Crippen molar-refractivity contribution >= 4 is 28.3 Å². The van der Waals surface area contributed by atoms with Crippen LogP contribution < -0.4 is 15.4 Å². The van der Waals surface area contributed by atoms with E-state index in [1.807, 2.05) is 29.6 Å². The molecule has 1 heterocycles. The summed E-state index contributed by atoms with van der Waals surface area (Å²) in [6.07, 6.45) is 6.99. The number of hydrogen-bond donors (Lipinski definition) is 2. The van der Waals surface area contributed by atoms with Crippen LogP contribution >= 0.6 is 11.3 Å². The van der Waals surface area contributed by atoms with Crippen LogP contribution in [-0.2, 0) is 9.59 Å². The maximum atomic E-state index is 13.2. The fourth-order valence-corrected chi connectivity index (χ4v) is 4.70. The van der Waals surface area contributed by atoms with E-state index in [-0.39, 0.29) is 18.2 Å². The Labute approximate surface area is 175 Å². The summed E-state index contributed by atoms with van der Waals surface area (Å²) in [5.41, 5.74) is 1.17. The van der Waals surface area contributed by atoms with Crippen molar-refractivity contribution in [1.29, 1.82) is 0 Å². The number of hydrogen-bond acceptors (Lipinski definition) is 5. The van der Waals surface area contributed by atoms with Gasteiger partial charge in [-0.3, -0.25) is 9.59 Å². The van der Waals surface area contributed by atoms with Gasteiger partial charge in [-0.05, 0) is 49.9 Å².